The van der Waals surface area contributed by atoms with Gasteiger partial charge in [0.15, 0.2) is 11.9 Å². The Balaban J connectivity index is 2.88. The summed E-state index contributed by atoms with van der Waals surface area (Å²) in [7, 11) is 0. The van der Waals surface area contributed by atoms with E-state index in [0.29, 0.717) is 16.6 Å². The molecule has 2 aromatic heterocycles. The second kappa shape index (κ2) is 2.57. The van der Waals surface area contributed by atoms with Crippen LogP contribution in [0.15, 0.2) is 12.3 Å². The number of nitrogens with zero attached hydrogens (tertiary/aromatic N) is 2. The number of rotatable bonds is 1. The molecule has 0 fully saturated rings. The van der Waals surface area contributed by atoms with Gasteiger partial charge < -0.3 is 0 Å². The lowest BCUT2D eigenvalue weighted by Gasteiger charge is -1.93. The van der Waals surface area contributed by atoms with Gasteiger partial charge in [-0.05, 0) is 6.07 Å². The lowest BCUT2D eigenvalue weighted by atomic mass is 10.2. The fourth-order valence-corrected chi connectivity index (χ4v) is 1.22. The van der Waals surface area contributed by atoms with Crippen LogP contribution in [0.5, 0.6) is 0 Å². The zero-order valence-corrected chi connectivity index (χ0v) is 6.67. The summed E-state index contributed by atoms with van der Waals surface area (Å²) < 4.78 is 0. The van der Waals surface area contributed by atoms with Crippen molar-refractivity contribution >= 4 is 28.9 Å². The average molecular weight is 182 g/mol. The Bertz CT molecular complexity index is 437. The number of fused-ring (bicyclic) bond motifs is 1. The molecule has 0 amide bonds. The van der Waals surface area contributed by atoms with Crippen molar-refractivity contribution in [2.75, 3.05) is 0 Å². The average Bonchev–Trinajstić information content (AvgIpc) is 2.50. The van der Waals surface area contributed by atoms with Crippen molar-refractivity contribution < 1.29 is 4.79 Å². The molecule has 0 unspecified atom stereocenters. The summed E-state index contributed by atoms with van der Waals surface area (Å²) >= 11 is 5.64. The summed E-state index contributed by atoms with van der Waals surface area (Å²) in [4.78, 5) is 14.5. The van der Waals surface area contributed by atoms with E-state index in [0.717, 1.165) is 6.29 Å². The maximum absolute atomic E-state index is 10.5. The Hall–Kier alpha value is -1.42. The van der Waals surface area contributed by atoms with Crippen LogP contribution in [0, 0.1) is 0 Å². The topological polar surface area (TPSA) is 58.6 Å². The highest BCUT2D eigenvalue weighted by Crippen LogP contribution is 2.16. The largest absolute Gasteiger partial charge is 0.298 e. The maximum Gasteiger partial charge on any atom is 0.157 e. The molecule has 0 saturated heterocycles. The van der Waals surface area contributed by atoms with Crippen LogP contribution in [0.25, 0.3) is 11.0 Å². The predicted molar refractivity (Wildman–Crippen MR) is 44.3 cm³/mol. The Labute approximate surface area is 72.6 Å². The maximum atomic E-state index is 10.5. The summed E-state index contributed by atoms with van der Waals surface area (Å²) in [6.45, 7) is 0. The van der Waals surface area contributed by atoms with Gasteiger partial charge in [0, 0.05) is 10.9 Å². The fraction of sp³-hybridized carbons (Fsp3) is 0. The van der Waals surface area contributed by atoms with Gasteiger partial charge in [0.2, 0.25) is 0 Å². The molecule has 0 aliphatic rings. The van der Waals surface area contributed by atoms with Crippen molar-refractivity contribution in [1.82, 2.24) is 15.2 Å². The minimum absolute atomic E-state index is 0.286. The zero-order valence-electron chi connectivity index (χ0n) is 5.91. The van der Waals surface area contributed by atoms with E-state index in [1.165, 1.54) is 6.07 Å². The molecule has 12 heavy (non-hydrogen) atoms. The molecule has 0 aliphatic carbocycles. The third-order valence-corrected chi connectivity index (χ3v) is 1.74. The van der Waals surface area contributed by atoms with Gasteiger partial charge in [-0.2, -0.15) is 5.10 Å². The Morgan fingerprint density at radius 3 is 3.17 bits per heavy atom. The number of carbonyl (C=O) groups is 1. The molecule has 60 valence electrons. The van der Waals surface area contributed by atoms with Crippen molar-refractivity contribution in [2.45, 2.75) is 0 Å². The molecule has 2 aromatic rings. The van der Waals surface area contributed by atoms with E-state index < -0.39 is 0 Å². The van der Waals surface area contributed by atoms with E-state index in [2.05, 4.69) is 15.2 Å². The number of aromatic amines is 1. The monoisotopic (exact) mass is 181 g/mol. The van der Waals surface area contributed by atoms with Crippen LogP contribution in [0.3, 0.4) is 0 Å². The molecule has 5 heteroatoms. The number of pyridine rings is 1. The highest BCUT2D eigenvalue weighted by Gasteiger charge is 2.04. The first-order valence-corrected chi connectivity index (χ1v) is 3.64. The molecule has 2 rings (SSSR count). The van der Waals surface area contributed by atoms with Crippen molar-refractivity contribution in [3.8, 4) is 0 Å². The van der Waals surface area contributed by atoms with Crippen LogP contribution in [-0.2, 0) is 0 Å². The van der Waals surface area contributed by atoms with Crippen molar-refractivity contribution in [2.24, 2.45) is 0 Å². The number of nitrogens with one attached hydrogen (secondary N) is 1. The van der Waals surface area contributed by atoms with Crippen LogP contribution in [0.4, 0.5) is 0 Å². The number of carbonyl (C=O) groups excluding carboxylic acids is 1. The number of halogens is 1. The van der Waals surface area contributed by atoms with Crippen molar-refractivity contribution in [3.63, 3.8) is 0 Å². The third-order valence-electron chi connectivity index (χ3n) is 1.55. The summed E-state index contributed by atoms with van der Waals surface area (Å²) in [5.41, 5.74) is 1.03. The van der Waals surface area contributed by atoms with E-state index in [1.54, 1.807) is 6.20 Å². The number of H-pyrrole nitrogens is 1. The van der Waals surface area contributed by atoms with Gasteiger partial charge in [-0.15, -0.1) is 0 Å². The quantitative estimate of drug-likeness (QED) is 0.535. The molecule has 0 aromatic carbocycles. The Kier molecular flexibility index (Phi) is 1.55. The first-order chi connectivity index (χ1) is 5.81. The van der Waals surface area contributed by atoms with Gasteiger partial charge in [-0.3, -0.25) is 9.89 Å². The summed E-state index contributed by atoms with van der Waals surface area (Å²) in [5, 5.41) is 7.35. The van der Waals surface area contributed by atoms with E-state index in [9.17, 15) is 4.79 Å². The molecule has 1 N–H and O–H groups in total. The standard InChI is InChI=1S/C7H4ClN3O/c8-6-1-4(3-12)5-2-9-11-7(5)10-6/h1-3H,(H,9,10,11). The van der Waals surface area contributed by atoms with Gasteiger partial charge >= 0.3 is 0 Å². The molecule has 2 heterocycles. The van der Waals surface area contributed by atoms with Crippen LogP contribution in [-0.4, -0.2) is 21.5 Å². The highest BCUT2D eigenvalue weighted by atomic mass is 35.5. The molecule has 0 atom stereocenters. The highest BCUT2D eigenvalue weighted by molar-refractivity contribution is 6.30. The molecule has 0 saturated carbocycles. The first-order valence-electron chi connectivity index (χ1n) is 3.26. The van der Waals surface area contributed by atoms with Crippen molar-refractivity contribution in [3.05, 3.63) is 23.0 Å². The number of aldehydes is 1. The summed E-state index contributed by atoms with van der Waals surface area (Å²) in [6.07, 6.45) is 2.27. The number of aromatic nitrogens is 3. The fourth-order valence-electron chi connectivity index (χ4n) is 1.02. The normalized spacial score (nSPS) is 10.4. The predicted octanol–water partition coefficient (Wildman–Crippen LogP) is 1.42. The Morgan fingerprint density at radius 1 is 1.58 bits per heavy atom. The molecule has 0 spiro atoms. The smallest absolute Gasteiger partial charge is 0.157 e. The van der Waals surface area contributed by atoms with Crippen molar-refractivity contribution in [1.29, 1.82) is 0 Å². The van der Waals surface area contributed by atoms with E-state index in [4.69, 9.17) is 11.6 Å². The molecule has 0 bridgehead atoms. The van der Waals surface area contributed by atoms with Crippen LogP contribution < -0.4 is 0 Å². The lowest BCUT2D eigenvalue weighted by molar-refractivity contribution is 0.112. The lowest BCUT2D eigenvalue weighted by Crippen LogP contribution is -1.85. The number of hydrogen-bond donors (Lipinski definition) is 1. The minimum Gasteiger partial charge on any atom is -0.298 e. The van der Waals surface area contributed by atoms with Gasteiger partial charge in [-0.25, -0.2) is 4.98 Å². The molecular formula is C7H4ClN3O. The number of hydrogen-bond acceptors (Lipinski definition) is 3. The van der Waals surface area contributed by atoms with Gasteiger partial charge in [0.1, 0.15) is 5.15 Å². The molecular weight excluding hydrogens is 178 g/mol. The molecule has 4 nitrogen and oxygen atoms in total. The van der Waals surface area contributed by atoms with E-state index >= 15 is 0 Å². The Morgan fingerprint density at radius 2 is 2.42 bits per heavy atom. The van der Waals surface area contributed by atoms with Crippen LogP contribution >= 0.6 is 11.6 Å². The minimum atomic E-state index is 0.286. The van der Waals surface area contributed by atoms with Gasteiger partial charge in [0.05, 0.1) is 6.20 Å². The van der Waals surface area contributed by atoms with Crippen LogP contribution in [0.1, 0.15) is 10.4 Å². The first kappa shape index (κ1) is 7.24. The van der Waals surface area contributed by atoms with Crippen LogP contribution in [0.2, 0.25) is 5.15 Å². The van der Waals surface area contributed by atoms with E-state index in [1.807, 2.05) is 0 Å². The second-order valence-corrected chi connectivity index (χ2v) is 2.67. The summed E-state index contributed by atoms with van der Waals surface area (Å²) in [6, 6.07) is 1.51. The zero-order chi connectivity index (χ0) is 8.55. The second-order valence-electron chi connectivity index (χ2n) is 2.28. The summed E-state index contributed by atoms with van der Waals surface area (Å²) in [5.74, 6) is 0. The third kappa shape index (κ3) is 0.967. The molecule has 0 radical (unpaired) electrons. The van der Waals surface area contributed by atoms with E-state index in [-0.39, 0.29) is 5.15 Å². The molecule has 0 aliphatic heterocycles. The SMILES string of the molecule is O=Cc1cc(Cl)nc2[nH]ncc12. The van der Waals surface area contributed by atoms with Gasteiger partial charge in [-0.1, -0.05) is 11.6 Å². The van der Waals surface area contributed by atoms with Gasteiger partial charge in [0.25, 0.3) is 0 Å².